The summed E-state index contributed by atoms with van der Waals surface area (Å²) in [6.45, 7) is 3.95. The number of carbonyl (C=O) groups is 1. The number of methoxy groups -OCH3 is 1. The molecule has 0 spiro atoms. The van der Waals surface area contributed by atoms with Gasteiger partial charge in [0.2, 0.25) is 0 Å². The summed E-state index contributed by atoms with van der Waals surface area (Å²) in [5, 5.41) is 0. The molecule has 2 aromatic carbocycles. The summed E-state index contributed by atoms with van der Waals surface area (Å²) < 4.78 is 29.9. The minimum Gasteiger partial charge on any atom is -0.497 e. The quantitative estimate of drug-likeness (QED) is 0.761. The van der Waals surface area contributed by atoms with Gasteiger partial charge in [-0.1, -0.05) is 12.1 Å². The van der Waals surface area contributed by atoms with Crippen LogP contribution in [0.15, 0.2) is 42.5 Å². The highest BCUT2D eigenvalue weighted by Gasteiger charge is 2.54. The van der Waals surface area contributed by atoms with Crippen molar-refractivity contribution in [3.05, 3.63) is 53.6 Å². The van der Waals surface area contributed by atoms with Crippen molar-refractivity contribution in [2.24, 2.45) is 0 Å². The second kappa shape index (κ2) is 6.27. The number of fused-ring (bicyclic) bond motifs is 1. The summed E-state index contributed by atoms with van der Waals surface area (Å²) in [6, 6.07) is 12.0. The molecule has 0 aromatic heterocycles. The van der Waals surface area contributed by atoms with E-state index in [9.17, 15) is 13.2 Å². The zero-order valence-electron chi connectivity index (χ0n) is 15.5. The number of carbonyl (C=O) groups excluding carboxylic acids is 1. The molecule has 2 atom stereocenters. The third kappa shape index (κ3) is 2.86. The van der Waals surface area contributed by atoms with E-state index < -0.39 is 15.9 Å². The van der Waals surface area contributed by atoms with Crippen LogP contribution in [0.25, 0.3) is 0 Å². The molecule has 0 aliphatic carbocycles. The first-order valence-corrected chi connectivity index (χ1v) is 10.7. The molecule has 0 N–H and O–H groups in total. The summed E-state index contributed by atoms with van der Waals surface area (Å²) in [5.74, 6) is 0.660. The summed E-state index contributed by atoms with van der Waals surface area (Å²) in [7, 11) is -1.63. The number of hydrogen-bond acceptors (Lipinski definition) is 4. The van der Waals surface area contributed by atoms with Crippen LogP contribution in [0.4, 0.5) is 16.2 Å². The van der Waals surface area contributed by atoms with E-state index in [0.717, 1.165) is 16.8 Å². The molecule has 142 valence electrons. The van der Waals surface area contributed by atoms with Crippen molar-refractivity contribution < 1.29 is 17.9 Å². The van der Waals surface area contributed by atoms with E-state index in [4.69, 9.17) is 4.74 Å². The molecule has 2 heterocycles. The van der Waals surface area contributed by atoms with Crippen molar-refractivity contribution in [3.8, 4) is 5.75 Å². The lowest BCUT2D eigenvalue weighted by atomic mass is 10.1. The molecule has 0 radical (unpaired) electrons. The Kier molecular flexibility index (Phi) is 4.14. The monoisotopic (exact) mass is 386 g/mol. The number of ether oxygens (including phenoxy) is 1. The molecule has 2 aromatic rings. The molecule has 2 fully saturated rings. The second-order valence-corrected chi connectivity index (χ2v) is 9.31. The van der Waals surface area contributed by atoms with Gasteiger partial charge in [0, 0.05) is 11.4 Å². The van der Waals surface area contributed by atoms with E-state index in [1.54, 1.807) is 41.2 Å². The predicted octanol–water partition coefficient (Wildman–Crippen LogP) is 2.92. The van der Waals surface area contributed by atoms with Crippen LogP contribution in [0.2, 0.25) is 0 Å². The number of amides is 2. The molecule has 7 heteroatoms. The van der Waals surface area contributed by atoms with E-state index in [-0.39, 0.29) is 23.6 Å². The Labute approximate surface area is 159 Å². The van der Waals surface area contributed by atoms with Crippen LogP contribution in [-0.4, -0.2) is 45.1 Å². The highest BCUT2D eigenvalue weighted by Crippen LogP contribution is 2.39. The van der Waals surface area contributed by atoms with Crippen molar-refractivity contribution in [1.29, 1.82) is 0 Å². The highest BCUT2D eigenvalue weighted by molar-refractivity contribution is 7.91. The van der Waals surface area contributed by atoms with Crippen LogP contribution in [0.5, 0.6) is 5.75 Å². The molecule has 27 heavy (non-hydrogen) atoms. The number of rotatable bonds is 3. The summed E-state index contributed by atoms with van der Waals surface area (Å²) >= 11 is 0. The van der Waals surface area contributed by atoms with Gasteiger partial charge >= 0.3 is 6.03 Å². The van der Waals surface area contributed by atoms with Crippen molar-refractivity contribution in [3.63, 3.8) is 0 Å². The van der Waals surface area contributed by atoms with Gasteiger partial charge in [-0.15, -0.1) is 0 Å². The predicted molar refractivity (Wildman–Crippen MR) is 105 cm³/mol. The van der Waals surface area contributed by atoms with E-state index in [1.807, 2.05) is 32.0 Å². The second-order valence-electron chi connectivity index (χ2n) is 7.15. The van der Waals surface area contributed by atoms with Gasteiger partial charge in [0.05, 0.1) is 30.7 Å². The van der Waals surface area contributed by atoms with Crippen LogP contribution in [0.3, 0.4) is 0 Å². The lowest BCUT2D eigenvalue weighted by Crippen LogP contribution is -2.38. The fourth-order valence-corrected chi connectivity index (χ4v) is 5.95. The van der Waals surface area contributed by atoms with Gasteiger partial charge in [-0.3, -0.25) is 9.80 Å². The molecule has 2 amide bonds. The van der Waals surface area contributed by atoms with Crippen molar-refractivity contribution in [2.45, 2.75) is 25.9 Å². The standard InChI is InChI=1S/C20H22N2O4S/c1-13-5-4-6-17(14(13)2)22-19-12-27(24,25)11-18(19)21(20(22)23)15-7-9-16(26-3)10-8-15/h4-10,18-19H,11-12H2,1-3H3/t18-,19+/m1/s1. The fourth-order valence-electron chi connectivity index (χ4n) is 4.03. The largest absolute Gasteiger partial charge is 0.497 e. The van der Waals surface area contributed by atoms with Gasteiger partial charge in [0.25, 0.3) is 0 Å². The lowest BCUT2D eigenvalue weighted by Gasteiger charge is -2.24. The SMILES string of the molecule is COc1ccc(N2C(=O)N(c3cccc(C)c3C)[C@H]3CS(=O)(=O)C[C@H]32)cc1. The van der Waals surface area contributed by atoms with E-state index >= 15 is 0 Å². The average Bonchev–Trinajstić information content (AvgIpc) is 3.06. The van der Waals surface area contributed by atoms with E-state index in [2.05, 4.69) is 0 Å². The number of benzene rings is 2. The topological polar surface area (TPSA) is 66.9 Å². The van der Waals surface area contributed by atoms with Crippen molar-refractivity contribution >= 4 is 27.2 Å². The normalized spacial score (nSPS) is 23.6. The maximum absolute atomic E-state index is 13.4. The van der Waals surface area contributed by atoms with Crippen LogP contribution < -0.4 is 14.5 Å². The average molecular weight is 386 g/mol. The third-order valence-electron chi connectivity index (χ3n) is 5.56. The van der Waals surface area contributed by atoms with E-state index in [0.29, 0.717) is 11.4 Å². The smallest absolute Gasteiger partial charge is 0.329 e. The first-order valence-electron chi connectivity index (χ1n) is 8.85. The molecule has 6 nitrogen and oxygen atoms in total. The highest BCUT2D eigenvalue weighted by atomic mass is 32.2. The molecular weight excluding hydrogens is 364 g/mol. The van der Waals surface area contributed by atoms with Crippen LogP contribution >= 0.6 is 0 Å². The van der Waals surface area contributed by atoms with Crippen molar-refractivity contribution in [1.82, 2.24) is 0 Å². The first kappa shape index (κ1) is 17.9. The van der Waals surface area contributed by atoms with Crippen molar-refractivity contribution in [2.75, 3.05) is 28.4 Å². The maximum atomic E-state index is 13.4. The Morgan fingerprint density at radius 1 is 0.963 bits per heavy atom. The molecule has 0 unspecified atom stereocenters. The molecule has 2 aliphatic rings. The number of aryl methyl sites for hydroxylation is 1. The fraction of sp³-hybridized carbons (Fsp3) is 0.350. The molecule has 0 saturated carbocycles. The van der Waals surface area contributed by atoms with Gasteiger partial charge in [0.15, 0.2) is 9.84 Å². The minimum atomic E-state index is -3.21. The molecule has 2 saturated heterocycles. The molecule has 4 rings (SSSR count). The van der Waals surface area contributed by atoms with Gasteiger partial charge in [-0.2, -0.15) is 0 Å². The van der Waals surface area contributed by atoms with Crippen LogP contribution in [-0.2, 0) is 9.84 Å². The zero-order valence-corrected chi connectivity index (χ0v) is 16.4. The summed E-state index contributed by atoms with van der Waals surface area (Å²) in [5.41, 5.74) is 3.52. The Hall–Kier alpha value is -2.54. The zero-order chi connectivity index (χ0) is 19.3. The Morgan fingerprint density at radius 2 is 1.59 bits per heavy atom. The van der Waals surface area contributed by atoms with Gasteiger partial charge in [-0.05, 0) is 55.3 Å². The lowest BCUT2D eigenvalue weighted by molar-refractivity contribution is 0.255. The van der Waals surface area contributed by atoms with Crippen LogP contribution in [0.1, 0.15) is 11.1 Å². The molecule has 0 bridgehead atoms. The maximum Gasteiger partial charge on any atom is 0.329 e. The number of hydrogen-bond donors (Lipinski definition) is 0. The van der Waals surface area contributed by atoms with Crippen LogP contribution in [0, 0.1) is 13.8 Å². The molecule has 2 aliphatic heterocycles. The minimum absolute atomic E-state index is 0.0105. The number of sulfone groups is 1. The Balaban J connectivity index is 1.81. The van der Waals surface area contributed by atoms with Gasteiger partial charge in [-0.25, -0.2) is 13.2 Å². The number of anilines is 2. The first-order chi connectivity index (χ1) is 12.8. The van der Waals surface area contributed by atoms with E-state index in [1.165, 1.54) is 0 Å². The van der Waals surface area contributed by atoms with Gasteiger partial charge in [0.1, 0.15) is 5.75 Å². The Morgan fingerprint density at radius 3 is 2.22 bits per heavy atom. The number of urea groups is 1. The molecular formula is C20H22N2O4S. The summed E-state index contributed by atoms with van der Waals surface area (Å²) in [4.78, 5) is 16.7. The Bertz CT molecular complexity index is 1000. The van der Waals surface area contributed by atoms with Gasteiger partial charge < -0.3 is 4.74 Å². The third-order valence-corrected chi connectivity index (χ3v) is 7.25. The summed E-state index contributed by atoms with van der Waals surface area (Å²) in [6.07, 6.45) is 0. The number of nitrogens with zero attached hydrogens (tertiary/aromatic N) is 2.